The first-order chi connectivity index (χ1) is 6.18. The minimum absolute atomic E-state index is 0.178. The van der Waals surface area contributed by atoms with Crippen molar-refractivity contribution in [3.05, 3.63) is 0 Å². The molecule has 1 saturated carbocycles. The van der Waals surface area contributed by atoms with E-state index in [0.717, 1.165) is 0 Å². The summed E-state index contributed by atoms with van der Waals surface area (Å²) in [5, 5.41) is 0. The van der Waals surface area contributed by atoms with Crippen molar-refractivity contribution in [1.29, 1.82) is 0 Å². The topological polar surface area (TPSA) is 106 Å². The Balaban J connectivity index is 1.97. The van der Waals surface area contributed by atoms with Crippen LogP contribution in [-0.4, -0.2) is 42.9 Å². The molecule has 0 aromatic rings. The van der Waals surface area contributed by atoms with Gasteiger partial charge in [0, 0.05) is 0 Å². The molecule has 6 heteroatoms. The monoisotopic (exact) mass is 187 g/mol. The highest BCUT2D eigenvalue weighted by molar-refractivity contribution is 5.10. The van der Waals surface area contributed by atoms with Gasteiger partial charge in [-0.25, -0.2) is 0 Å². The summed E-state index contributed by atoms with van der Waals surface area (Å²) in [5.74, 6) is 0. The fraction of sp³-hybridized carbons (Fsp3) is 1.00. The molecule has 4 bridgehead atoms. The van der Waals surface area contributed by atoms with Crippen molar-refractivity contribution in [3.8, 4) is 0 Å². The Bertz CT molecular complexity index is 189. The van der Waals surface area contributed by atoms with E-state index in [2.05, 4.69) is 0 Å². The first kappa shape index (κ1) is 8.10. The molecule has 6 N–H and O–H groups in total. The Kier molecular flexibility index (Phi) is 1.50. The van der Waals surface area contributed by atoms with Gasteiger partial charge in [0.05, 0.1) is 36.4 Å². The van der Waals surface area contributed by atoms with Gasteiger partial charge < -0.3 is 31.4 Å². The molecule has 13 heavy (non-hydrogen) atoms. The molecule has 0 aromatic heterocycles. The van der Waals surface area contributed by atoms with Gasteiger partial charge in [-0.2, -0.15) is 0 Å². The van der Waals surface area contributed by atoms with Crippen molar-refractivity contribution >= 4 is 0 Å². The van der Waals surface area contributed by atoms with Gasteiger partial charge >= 0.3 is 0 Å². The Morgan fingerprint density at radius 2 is 0.923 bits per heavy atom. The van der Waals surface area contributed by atoms with Gasteiger partial charge in [0.25, 0.3) is 6.48 Å². The zero-order valence-corrected chi connectivity index (χ0v) is 7.00. The lowest BCUT2D eigenvalue weighted by molar-refractivity contribution is -0.436. The molecule has 4 fully saturated rings. The van der Waals surface area contributed by atoms with Crippen LogP contribution in [0.1, 0.15) is 0 Å². The molecule has 0 atom stereocenters. The summed E-state index contributed by atoms with van der Waals surface area (Å²) in [6.07, 6.45) is -0.535. The van der Waals surface area contributed by atoms with Crippen LogP contribution in [0.3, 0.4) is 0 Å². The van der Waals surface area contributed by atoms with Gasteiger partial charge in [0.2, 0.25) is 0 Å². The third-order valence-electron chi connectivity index (χ3n) is 3.08. The molecular formula is C7H13N3O3. The summed E-state index contributed by atoms with van der Waals surface area (Å²) in [6, 6.07) is -0.704. The molecule has 0 spiro atoms. The molecule has 74 valence electrons. The molecule has 3 heterocycles. The maximum absolute atomic E-state index is 5.88. The van der Waals surface area contributed by atoms with Crippen LogP contribution in [-0.2, 0) is 14.2 Å². The number of rotatable bonds is 0. The van der Waals surface area contributed by atoms with Crippen LogP contribution in [0.15, 0.2) is 0 Å². The molecular weight excluding hydrogens is 174 g/mol. The minimum Gasteiger partial charge on any atom is -0.323 e. The van der Waals surface area contributed by atoms with Gasteiger partial charge in [-0.05, 0) is 0 Å². The van der Waals surface area contributed by atoms with Crippen molar-refractivity contribution in [2.24, 2.45) is 17.2 Å². The Hall–Kier alpha value is -0.240. The minimum atomic E-state index is -0.612. The number of nitrogens with two attached hydrogens (primary N) is 3. The summed E-state index contributed by atoms with van der Waals surface area (Å²) >= 11 is 0. The lowest BCUT2D eigenvalue weighted by atomic mass is 9.79. The van der Waals surface area contributed by atoms with Crippen molar-refractivity contribution in [2.45, 2.75) is 42.9 Å². The van der Waals surface area contributed by atoms with Gasteiger partial charge in [-0.1, -0.05) is 0 Å². The average Bonchev–Trinajstić information content (AvgIpc) is 2.12. The first-order valence-electron chi connectivity index (χ1n) is 4.41. The van der Waals surface area contributed by atoms with Crippen LogP contribution in [0.2, 0.25) is 0 Å². The molecule has 0 radical (unpaired) electrons. The van der Waals surface area contributed by atoms with E-state index in [-0.39, 0.29) is 36.4 Å². The van der Waals surface area contributed by atoms with Crippen LogP contribution in [0.25, 0.3) is 0 Å². The summed E-state index contributed by atoms with van der Waals surface area (Å²) in [5.41, 5.74) is 17.6. The summed E-state index contributed by atoms with van der Waals surface area (Å²) < 4.78 is 16.0. The molecule has 3 saturated heterocycles. The fourth-order valence-electron chi connectivity index (χ4n) is 2.36. The van der Waals surface area contributed by atoms with E-state index in [0.29, 0.717) is 0 Å². The number of hydrogen-bond acceptors (Lipinski definition) is 6. The van der Waals surface area contributed by atoms with Gasteiger partial charge in [0.15, 0.2) is 0 Å². The molecule has 3 aliphatic heterocycles. The van der Waals surface area contributed by atoms with Gasteiger partial charge in [0.1, 0.15) is 0 Å². The molecule has 0 unspecified atom stereocenters. The van der Waals surface area contributed by atoms with E-state index in [4.69, 9.17) is 31.4 Å². The highest BCUT2D eigenvalue weighted by Gasteiger charge is 2.58. The largest absolute Gasteiger partial charge is 0.323 e. The van der Waals surface area contributed by atoms with E-state index in [9.17, 15) is 0 Å². The van der Waals surface area contributed by atoms with Crippen LogP contribution in [0.5, 0.6) is 0 Å². The van der Waals surface area contributed by atoms with E-state index in [1.165, 1.54) is 0 Å². The van der Waals surface area contributed by atoms with Crippen LogP contribution < -0.4 is 17.2 Å². The average molecular weight is 187 g/mol. The highest BCUT2D eigenvalue weighted by atomic mass is 16.9. The maximum Gasteiger partial charge on any atom is 0.272 e. The van der Waals surface area contributed by atoms with E-state index >= 15 is 0 Å². The lowest BCUT2D eigenvalue weighted by Crippen LogP contribution is -2.80. The predicted octanol–water partition coefficient (Wildman–Crippen LogP) is -2.55. The van der Waals surface area contributed by atoms with Crippen LogP contribution in [0, 0.1) is 0 Å². The van der Waals surface area contributed by atoms with Crippen molar-refractivity contribution in [2.75, 3.05) is 0 Å². The highest BCUT2D eigenvalue weighted by Crippen LogP contribution is 2.37. The molecule has 4 aliphatic rings. The summed E-state index contributed by atoms with van der Waals surface area (Å²) in [6.45, 7) is -0.612. The van der Waals surface area contributed by atoms with Crippen molar-refractivity contribution in [1.82, 2.24) is 0 Å². The van der Waals surface area contributed by atoms with Crippen LogP contribution in [0.4, 0.5) is 0 Å². The third-order valence-corrected chi connectivity index (χ3v) is 3.08. The summed E-state index contributed by atoms with van der Waals surface area (Å²) in [4.78, 5) is 0. The normalized spacial score (nSPS) is 64.4. The Labute approximate surface area is 75.3 Å². The van der Waals surface area contributed by atoms with E-state index in [1.807, 2.05) is 0 Å². The van der Waals surface area contributed by atoms with E-state index in [1.54, 1.807) is 0 Å². The van der Waals surface area contributed by atoms with Crippen LogP contribution >= 0.6 is 0 Å². The number of ether oxygens (including phenoxy) is 3. The SMILES string of the molecule is NC1C2OC3OC1C(N)C(O3)C2N. The quantitative estimate of drug-likeness (QED) is 0.385. The zero-order chi connectivity index (χ0) is 9.16. The molecule has 1 aliphatic carbocycles. The van der Waals surface area contributed by atoms with Gasteiger partial charge in [-0.15, -0.1) is 0 Å². The second kappa shape index (κ2) is 2.41. The summed E-state index contributed by atoms with van der Waals surface area (Å²) in [7, 11) is 0. The fourth-order valence-corrected chi connectivity index (χ4v) is 2.36. The Morgan fingerprint density at radius 1 is 0.615 bits per heavy atom. The Morgan fingerprint density at radius 3 is 1.23 bits per heavy atom. The second-order valence-electron chi connectivity index (χ2n) is 3.82. The molecule has 0 amide bonds. The van der Waals surface area contributed by atoms with Gasteiger partial charge in [-0.3, -0.25) is 0 Å². The number of hydrogen-bond donors (Lipinski definition) is 3. The molecule has 4 rings (SSSR count). The first-order valence-corrected chi connectivity index (χ1v) is 4.41. The third kappa shape index (κ3) is 0.876. The zero-order valence-electron chi connectivity index (χ0n) is 7.00. The lowest BCUT2D eigenvalue weighted by Gasteiger charge is -2.57. The maximum atomic E-state index is 5.88. The smallest absolute Gasteiger partial charge is 0.272 e. The molecule has 6 nitrogen and oxygen atoms in total. The standard InChI is InChI=1S/C7H13N3O3/c8-1-4-2(9)6-3(10)5(1)12-7(11-4)13-6/h1-7H,8-10H2. The predicted molar refractivity (Wildman–Crippen MR) is 42.3 cm³/mol. The van der Waals surface area contributed by atoms with E-state index < -0.39 is 6.48 Å². The van der Waals surface area contributed by atoms with Crippen molar-refractivity contribution < 1.29 is 14.2 Å². The van der Waals surface area contributed by atoms with Crippen molar-refractivity contribution in [3.63, 3.8) is 0 Å². The molecule has 0 aromatic carbocycles. The second-order valence-corrected chi connectivity index (χ2v) is 3.82.